The van der Waals surface area contributed by atoms with Gasteiger partial charge in [-0.1, -0.05) is 0 Å². The van der Waals surface area contributed by atoms with E-state index in [2.05, 4.69) is 68.1 Å². The summed E-state index contributed by atoms with van der Waals surface area (Å²) in [5.74, 6) is 0. The Bertz CT molecular complexity index is 1500. The molecule has 4 aromatic rings. The molecule has 264 valence electrons. The first-order valence-electron chi connectivity index (χ1n) is 16.3. The Morgan fingerprint density at radius 2 is 1.29 bits per heavy atom. The number of thiophene rings is 2. The van der Waals surface area contributed by atoms with Crippen molar-refractivity contribution in [3.63, 3.8) is 0 Å². The molecule has 0 bridgehead atoms. The minimum Gasteiger partial charge on any atom is -0.443 e. The van der Waals surface area contributed by atoms with Crippen molar-refractivity contribution in [1.82, 2.24) is 26.1 Å². The lowest BCUT2D eigenvalue weighted by molar-refractivity contribution is 0.0505. The van der Waals surface area contributed by atoms with Crippen molar-refractivity contribution >= 4 is 57.5 Å². The summed E-state index contributed by atoms with van der Waals surface area (Å²) in [5, 5.41) is 9.22. The number of thiazole rings is 2. The number of nitrogens with zero attached hydrogens (tertiary/aromatic N) is 2. The molecule has 4 aromatic heterocycles. The minimum atomic E-state index is -0.698. The van der Waals surface area contributed by atoms with Gasteiger partial charge < -0.3 is 20.5 Å². The van der Waals surface area contributed by atoms with E-state index in [-0.39, 0.29) is 0 Å². The summed E-state index contributed by atoms with van der Waals surface area (Å²) in [7, 11) is 0. The number of aryl methyl sites for hydroxylation is 6. The molecule has 0 saturated carbocycles. The molecule has 5 heterocycles. The Labute approximate surface area is 300 Å². The summed E-state index contributed by atoms with van der Waals surface area (Å²) in [6.45, 7) is 12.5. The van der Waals surface area contributed by atoms with Crippen molar-refractivity contribution in [2.45, 2.75) is 91.6 Å². The first-order valence-corrected chi connectivity index (χ1v) is 19.7. The Balaban J connectivity index is 0.000000248. The lowest BCUT2D eigenvalue weighted by atomic mass is 10.2. The van der Waals surface area contributed by atoms with Gasteiger partial charge in [0, 0.05) is 50.0 Å². The normalized spacial score (nSPS) is 12.4. The van der Waals surface area contributed by atoms with E-state index >= 15 is 0 Å². The standard InChI is InChI=1S/C18H26N4O3S2.C12H16N2S2.C4H8O/c1-12-20-13(11-26-12)5-6-14-7-8-15(27-14)9-10-19-16(23)21-22-17(24)25-18(2,3)4;1-9-14-10(8-15-9)2-3-11-4-5-12(16-11)6-7-13;1-2-4-5-3-1/h7-8,11H,5-6,9-10H2,1-4H3,(H,22,24)(H2,19,21,23);4-5,8H,2-3,6-7,13H2,1H3;1-4H2. The third-order valence-electron chi connectivity index (χ3n) is 6.57. The van der Waals surface area contributed by atoms with E-state index in [4.69, 9.17) is 15.2 Å². The smallest absolute Gasteiger partial charge is 0.426 e. The summed E-state index contributed by atoms with van der Waals surface area (Å²) in [6.07, 6.45) is 7.66. The van der Waals surface area contributed by atoms with Gasteiger partial charge in [0.25, 0.3) is 0 Å². The molecular formula is C34H50N6O4S4. The Morgan fingerprint density at radius 3 is 1.71 bits per heavy atom. The topological polar surface area (TPSA) is 140 Å². The maximum atomic E-state index is 11.7. The fourth-order valence-corrected chi connectivity index (χ4v) is 7.68. The Kier molecular flexibility index (Phi) is 17.5. The second kappa shape index (κ2) is 21.3. The van der Waals surface area contributed by atoms with Crippen molar-refractivity contribution in [1.29, 1.82) is 0 Å². The lowest BCUT2D eigenvalue weighted by Gasteiger charge is -2.19. The molecule has 1 aliphatic heterocycles. The predicted molar refractivity (Wildman–Crippen MR) is 200 cm³/mol. The van der Waals surface area contributed by atoms with Crippen molar-refractivity contribution in [2.24, 2.45) is 5.73 Å². The van der Waals surface area contributed by atoms with Gasteiger partial charge in [-0.3, -0.25) is 0 Å². The molecule has 1 aliphatic rings. The molecule has 0 atom stereocenters. The van der Waals surface area contributed by atoms with Gasteiger partial charge in [-0.05, 0) is 117 Å². The Morgan fingerprint density at radius 1 is 0.792 bits per heavy atom. The zero-order chi connectivity index (χ0) is 34.8. The van der Waals surface area contributed by atoms with Crippen LogP contribution in [0.2, 0.25) is 0 Å². The van der Waals surface area contributed by atoms with E-state index in [1.807, 2.05) is 18.3 Å². The summed E-state index contributed by atoms with van der Waals surface area (Å²) in [4.78, 5) is 37.4. The van der Waals surface area contributed by atoms with E-state index in [0.717, 1.165) is 74.0 Å². The predicted octanol–water partition coefficient (Wildman–Crippen LogP) is 7.18. The lowest BCUT2D eigenvalue weighted by Crippen LogP contribution is -2.48. The van der Waals surface area contributed by atoms with Crippen molar-refractivity contribution in [3.05, 3.63) is 75.9 Å². The van der Waals surface area contributed by atoms with Crippen LogP contribution in [-0.2, 0) is 48.0 Å². The van der Waals surface area contributed by atoms with Gasteiger partial charge in [0.1, 0.15) is 5.60 Å². The van der Waals surface area contributed by atoms with E-state index in [9.17, 15) is 9.59 Å². The van der Waals surface area contributed by atoms with Crippen LogP contribution in [0.15, 0.2) is 35.0 Å². The number of nitrogens with two attached hydrogens (primary N) is 1. The largest absolute Gasteiger partial charge is 0.443 e. The van der Waals surface area contributed by atoms with Gasteiger partial charge in [-0.15, -0.1) is 45.3 Å². The van der Waals surface area contributed by atoms with Crippen LogP contribution in [0, 0.1) is 13.8 Å². The molecule has 14 heteroatoms. The van der Waals surface area contributed by atoms with E-state index in [1.165, 1.54) is 38.0 Å². The van der Waals surface area contributed by atoms with Gasteiger partial charge in [-0.25, -0.2) is 30.4 Å². The molecule has 48 heavy (non-hydrogen) atoms. The summed E-state index contributed by atoms with van der Waals surface area (Å²) >= 11 is 7.04. The molecule has 5 N–H and O–H groups in total. The number of carbonyl (C=O) groups excluding carboxylic acids is 2. The van der Waals surface area contributed by atoms with E-state index < -0.39 is 17.7 Å². The number of urea groups is 1. The highest BCUT2D eigenvalue weighted by Gasteiger charge is 2.16. The third-order valence-corrected chi connectivity index (χ3v) is 10.6. The second-order valence-electron chi connectivity index (χ2n) is 12.1. The number of ether oxygens (including phenoxy) is 2. The average molecular weight is 735 g/mol. The van der Waals surface area contributed by atoms with Gasteiger partial charge >= 0.3 is 12.1 Å². The monoisotopic (exact) mass is 734 g/mol. The molecule has 10 nitrogen and oxygen atoms in total. The molecule has 0 aliphatic carbocycles. The van der Waals surface area contributed by atoms with Crippen LogP contribution in [0.5, 0.6) is 0 Å². The molecule has 0 aromatic carbocycles. The summed E-state index contributed by atoms with van der Waals surface area (Å²) in [5.41, 5.74) is 11.7. The zero-order valence-corrected chi connectivity index (χ0v) is 32.0. The van der Waals surface area contributed by atoms with Crippen LogP contribution >= 0.6 is 45.3 Å². The van der Waals surface area contributed by atoms with Gasteiger partial charge in [0.05, 0.1) is 21.4 Å². The van der Waals surface area contributed by atoms with E-state index in [1.54, 1.807) is 54.8 Å². The van der Waals surface area contributed by atoms with Crippen molar-refractivity contribution in [2.75, 3.05) is 26.3 Å². The van der Waals surface area contributed by atoms with Crippen molar-refractivity contribution < 1.29 is 19.1 Å². The van der Waals surface area contributed by atoms with Crippen LogP contribution in [-0.4, -0.2) is 54.0 Å². The molecule has 1 fully saturated rings. The Hall–Kier alpha value is -2.88. The van der Waals surface area contributed by atoms with E-state index in [0.29, 0.717) is 6.54 Å². The number of rotatable bonds is 11. The maximum absolute atomic E-state index is 11.7. The maximum Gasteiger partial charge on any atom is 0.426 e. The fourth-order valence-electron chi connectivity index (χ4n) is 4.34. The van der Waals surface area contributed by atoms with Gasteiger partial charge in [0.2, 0.25) is 0 Å². The van der Waals surface area contributed by atoms with Gasteiger partial charge in [-0.2, -0.15) is 0 Å². The number of amides is 3. The molecular weight excluding hydrogens is 685 g/mol. The average Bonchev–Trinajstić information content (AvgIpc) is 3.87. The second-order valence-corrected chi connectivity index (χ2v) is 16.7. The summed E-state index contributed by atoms with van der Waals surface area (Å²) < 4.78 is 9.97. The van der Waals surface area contributed by atoms with Crippen LogP contribution in [0.4, 0.5) is 9.59 Å². The number of hydrogen-bond acceptors (Lipinski definition) is 11. The highest BCUT2D eigenvalue weighted by atomic mass is 32.1. The van der Waals surface area contributed by atoms with Crippen molar-refractivity contribution in [3.8, 4) is 0 Å². The summed E-state index contributed by atoms with van der Waals surface area (Å²) in [6, 6.07) is 8.15. The number of aromatic nitrogens is 2. The highest BCUT2D eigenvalue weighted by Crippen LogP contribution is 2.21. The zero-order valence-electron chi connectivity index (χ0n) is 28.7. The minimum absolute atomic E-state index is 0.475. The fraction of sp³-hybridized carbons (Fsp3) is 0.529. The molecule has 5 rings (SSSR count). The molecule has 3 amide bonds. The first kappa shape index (κ1) is 39.6. The van der Waals surface area contributed by atoms with Crippen LogP contribution < -0.4 is 21.9 Å². The number of hydrogen-bond donors (Lipinski definition) is 4. The number of hydrazine groups is 1. The van der Waals surface area contributed by atoms with Gasteiger partial charge in [0.15, 0.2) is 0 Å². The van der Waals surface area contributed by atoms with Crippen LogP contribution in [0.25, 0.3) is 0 Å². The van der Waals surface area contributed by atoms with Crippen LogP contribution in [0.3, 0.4) is 0 Å². The molecule has 1 saturated heterocycles. The first-order chi connectivity index (χ1) is 23.0. The highest BCUT2D eigenvalue weighted by molar-refractivity contribution is 7.12. The SMILES string of the molecule is C1CCOC1.Cc1nc(CCc2ccc(CCN)s2)cs1.Cc1nc(CCc2ccc(CCNC(=O)NNC(=O)OC(C)(C)C)s2)cs1. The molecule has 0 unspecified atom stereocenters. The third kappa shape index (κ3) is 17.0. The quantitative estimate of drug-likeness (QED) is 0.120. The molecule has 0 radical (unpaired) electrons. The number of carbonyl (C=O) groups is 2. The number of nitrogens with one attached hydrogen (secondary N) is 3. The van der Waals surface area contributed by atoms with Crippen LogP contribution in [0.1, 0.15) is 74.5 Å². The molecule has 0 spiro atoms.